The quantitative estimate of drug-likeness (QED) is 0.706. The largest absolute Gasteiger partial charge is 0.465 e. The SMILES string of the molecule is COC(=O)c1cccc(COC(=O)C[C@@H](NC(N)=O)c2ccc(Cl)cc2)c1. The number of methoxy groups -OCH3 is 1. The van der Waals surface area contributed by atoms with E-state index in [1.54, 1.807) is 48.5 Å². The van der Waals surface area contributed by atoms with Crippen molar-refractivity contribution in [3.8, 4) is 0 Å². The summed E-state index contributed by atoms with van der Waals surface area (Å²) in [6, 6.07) is 11.8. The molecule has 2 rings (SSSR count). The highest BCUT2D eigenvalue weighted by Crippen LogP contribution is 2.20. The predicted octanol–water partition coefficient (Wildman–Crippen LogP) is 2.97. The number of nitrogens with two attached hydrogens (primary N) is 1. The summed E-state index contributed by atoms with van der Waals surface area (Å²) in [5.74, 6) is -1.01. The fraction of sp³-hybridized carbons (Fsp3) is 0.211. The molecular formula is C19H19ClN2O5. The van der Waals surface area contributed by atoms with Gasteiger partial charge in [0.05, 0.1) is 25.1 Å². The van der Waals surface area contributed by atoms with E-state index in [2.05, 4.69) is 10.1 Å². The van der Waals surface area contributed by atoms with E-state index in [4.69, 9.17) is 22.1 Å². The summed E-state index contributed by atoms with van der Waals surface area (Å²) >= 11 is 5.85. The van der Waals surface area contributed by atoms with Gasteiger partial charge in [0.15, 0.2) is 0 Å². The molecular weight excluding hydrogens is 372 g/mol. The van der Waals surface area contributed by atoms with E-state index >= 15 is 0 Å². The van der Waals surface area contributed by atoms with Crippen LogP contribution < -0.4 is 11.1 Å². The van der Waals surface area contributed by atoms with Gasteiger partial charge in [0, 0.05) is 5.02 Å². The Labute approximate surface area is 161 Å². The van der Waals surface area contributed by atoms with Gasteiger partial charge in [0.25, 0.3) is 0 Å². The van der Waals surface area contributed by atoms with E-state index in [0.717, 1.165) is 0 Å². The number of urea groups is 1. The number of amides is 2. The second-order valence-electron chi connectivity index (χ2n) is 5.67. The van der Waals surface area contributed by atoms with Crippen molar-refractivity contribution in [1.82, 2.24) is 5.32 Å². The molecule has 0 aromatic heterocycles. The van der Waals surface area contributed by atoms with Gasteiger partial charge in [-0.05, 0) is 35.4 Å². The van der Waals surface area contributed by atoms with E-state index < -0.39 is 24.0 Å². The molecule has 0 aliphatic carbocycles. The number of benzene rings is 2. The molecule has 0 saturated carbocycles. The predicted molar refractivity (Wildman–Crippen MR) is 99.1 cm³/mol. The number of esters is 2. The van der Waals surface area contributed by atoms with Crippen molar-refractivity contribution in [2.24, 2.45) is 5.73 Å². The van der Waals surface area contributed by atoms with Gasteiger partial charge in [-0.3, -0.25) is 4.79 Å². The van der Waals surface area contributed by atoms with Crippen molar-refractivity contribution in [3.63, 3.8) is 0 Å². The molecule has 0 saturated heterocycles. The number of hydrogen-bond acceptors (Lipinski definition) is 5. The maximum Gasteiger partial charge on any atom is 0.337 e. The molecule has 142 valence electrons. The van der Waals surface area contributed by atoms with Gasteiger partial charge in [-0.15, -0.1) is 0 Å². The Balaban J connectivity index is 2.00. The monoisotopic (exact) mass is 390 g/mol. The van der Waals surface area contributed by atoms with Gasteiger partial charge >= 0.3 is 18.0 Å². The first-order chi connectivity index (χ1) is 12.9. The summed E-state index contributed by atoms with van der Waals surface area (Å²) in [5.41, 5.74) is 6.85. The minimum absolute atomic E-state index is 0.0203. The summed E-state index contributed by atoms with van der Waals surface area (Å²) < 4.78 is 9.90. The van der Waals surface area contributed by atoms with Gasteiger partial charge in [0.2, 0.25) is 0 Å². The van der Waals surface area contributed by atoms with E-state index in [-0.39, 0.29) is 13.0 Å². The third-order valence-electron chi connectivity index (χ3n) is 3.71. The zero-order valence-corrected chi connectivity index (χ0v) is 15.4. The Bertz CT molecular complexity index is 823. The third-order valence-corrected chi connectivity index (χ3v) is 3.96. The molecule has 3 N–H and O–H groups in total. The maximum atomic E-state index is 12.2. The van der Waals surface area contributed by atoms with Crippen molar-refractivity contribution in [1.29, 1.82) is 0 Å². The molecule has 0 fully saturated rings. The molecule has 0 heterocycles. The van der Waals surface area contributed by atoms with Crippen LogP contribution in [0.5, 0.6) is 0 Å². The molecule has 7 nitrogen and oxygen atoms in total. The normalized spacial score (nSPS) is 11.3. The number of primary amides is 1. The van der Waals surface area contributed by atoms with Crippen LogP contribution in [0.3, 0.4) is 0 Å². The lowest BCUT2D eigenvalue weighted by Crippen LogP contribution is -2.34. The average Bonchev–Trinajstić information content (AvgIpc) is 2.65. The van der Waals surface area contributed by atoms with Crippen LogP contribution in [0.2, 0.25) is 5.02 Å². The first-order valence-corrected chi connectivity index (χ1v) is 8.41. The summed E-state index contributed by atoms with van der Waals surface area (Å²) in [6.45, 7) is -0.0203. The van der Waals surface area contributed by atoms with Crippen LogP contribution in [0, 0.1) is 0 Å². The van der Waals surface area contributed by atoms with Crippen molar-refractivity contribution in [2.45, 2.75) is 19.1 Å². The highest BCUT2D eigenvalue weighted by Gasteiger charge is 2.18. The van der Waals surface area contributed by atoms with Gasteiger partial charge in [0.1, 0.15) is 6.61 Å². The van der Waals surface area contributed by atoms with Gasteiger partial charge < -0.3 is 20.5 Å². The van der Waals surface area contributed by atoms with Crippen molar-refractivity contribution in [2.75, 3.05) is 7.11 Å². The highest BCUT2D eigenvalue weighted by molar-refractivity contribution is 6.30. The van der Waals surface area contributed by atoms with Gasteiger partial charge in [-0.1, -0.05) is 35.9 Å². The molecule has 27 heavy (non-hydrogen) atoms. The van der Waals surface area contributed by atoms with Crippen molar-refractivity contribution < 1.29 is 23.9 Å². The number of carbonyl (C=O) groups excluding carboxylic acids is 3. The molecule has 2 aromatic carbocycles. The van der Waals surface area contributed by atoms with Crippen LogP contribution in [-0.4, -0.2) is 25.1 Å². The fourth-order valence-electron chi connectivity index (χ4n) is 2.41. The van der Waals surface area contributed by atoms with E-state index in [0.29, 0.717) is 21.7 Å². The third kappa shape index (κ3) is 6.31. The summed E-state index contributed by atoms with van der Waals surface area (Å²) in [7, 11) is 1.29. The van der Waals surface area contributed by atoms with Crippen molar-refractivity contribution >= 4 is 29.6 Å². The lowest BCUT2D eigenvalue weighted by molar-refractivity contribution is -0.145. The number of rotatable bonds is 7. The topological polar surface area (TPSA) is 108 Å². The van der Waals surface area contributed by atoms with Crippen LogP contribution in [0.4, 0.5) is 4.79 Å². The molecule has 1 atom stereocenters. The van der Waals surface area contributed by atoms with E-state index in [1.807, 2.05) is 0 Å². The standard InChI is InChI=1S/C19H19ClN2O5/c1-26-18(24)14-4-2-3-12(9-14)11-27-17(23)10-16(22-19(21)25)13-5-7-15(20)8-6-13/h2-9,16H,10-11H2,1H3,(H3,21,22,25)/t16-/m1/s1. The molecule has 0 aliphatic heterocycles. The number of hydrogen-bond donors (Lipinski definition) is 2. The minimum Gasteiger partial charge on any atom is -0.465 e. The zero-order valence-electron chi connectivity index (χ0n) is 14.6. The molecule has 2 amide bonds. The highest BCUT2D eigenvalue weighted by atomic mass is 35.5. The summed E-state index contributed by atoms with van der Waals surface area (Å²) in [5, 5.41) is 3.04. The average molecular weight is 391 g/mol. The second kappa shape index (κ2) is 9.59. The number of halogens is 1. The molecule has 0 spiro atoms. The molecule has 8 heteroatoms. The van der Waals surface area contributed by atoms with E-state index in [1.165, 1.54) is 7.11 Å². The van der Waals surface area contributed by atoms with Crippen LogP contribution in [-0.2, 0) is 20.9 Å². The van der Waals surface area contributed by atoms with Crippen LogP contribution >= 0.6 is 11.6 Å². The van der Waals surface area contributed by atoms with Crippen LogP contribution in [0.1, 0.15) is 33.9 Å². The van der Waals surface area contributed by atoms with Gasteiger partial charge in [-0.2, -0.15) is 0 Å². The summed E-state index contributed by atoms with van der Waals surface area (Å²) in [6.07, 6.45) is -0.110. The van der Waals surface area contributed by atoms with Crippen LogP contribution in [0.25, 0.3) is 0 Å². The smallest absolute Gasteiger partial charge is 0.337 e. The fourth-order valence-corrected chi connectivity index (χ4v) is 2.54. The Morgan fingerprint density at radius 1 is 1.15 bits per heavy atom. The number of carbonyl (C=O) groups is 3. The lowest BCUT2D eigenvalue weighted by Gasteiger charge is -2.17. The Hall–Kier alpha value is -3.06. The zero-order chi connectivity index (χ0) is 19.8. The molecule has 0 radical (unpaired) electrons. The van der Waals surface area contributed by atoms with E-state index in [9.17, 15) is 14.4 Å². The number of ether oxygens (including phenoxy) is 2. The second-order valence-corrected chi connectivity index (χ2v) is 6.11. The summed E-state index contributed by atoms with van der Waals surface area (Å²) in [4.78, 5) is 35.0. The minimum atomic E-state index is -0.756. The molecule has 0 unspecified atom stereocenters. The molecule has 0 bridgehead atoms. The first-order valence-electron chi connectivity index (χ1n) is 8.03. The Morgan fingerprint density at radius 3 is 2.48 bits per heavy atom. The molecule has 2 aromatic rings. The van der Waals surface area contributed by atoms with Gasteiger partial charge in [-0.25, -0.2) is 9.59 Å². The first kappa shape index (κ1) is 20.3. The lowest BCUT2D eigenvalue weighted by atomic mass is 10.0. The Morgan fingerprint density at radius 2 is 1.85 bits per heavy atom. The Kier molecular flexibility index (Phi) is 7.19. The number of nitrogens with one attached hydrogen (secondary N) is 1. The maximum absolute atomic E-state index is 12.2. The van der Waals surface area contributed by atoms with Crippen molar-refractivity contribution in [3.05, 3.63) is 70.2 Å². The molecule has 0 aliphatic rings. The van der Waals surface area contributed by atoms with Crippen LogP contribution in [0.15, 0.2) is 48.5 Å².